The first kappa shape index (κ1) is 15.2. The highest BCUT2D eigenvalue weighted by Gasteiger charge is 2.09. The molecule has 0 aliphatic rings. The van der Waals surface area contributed by atoms with Crippen LogP contribution in [0.4, 0.5) is 0 Å². The molecule has 0 radical (unpaired) electrons. The molecule has 1 aromatic rings. The van der Waals surface area contributed by atoms with Gasteiger partial charge in [-0.15, -0.1) is 0 Å². The Kier molecular flexibility index (Phi) is 6.74. The summed E-state index contributed by atoms with van der Waals surface area (Å²) < 4.78 is 1.78. The molecular weight excluding hydrogens is 414 g/mol. The van der Waals surface area contributed by atoms with Gasteiger partial charge in [0.05, 0.1) is 0 Å². The second kappa shape index (κ2) is 7.54. The molecule has 5 heteroatoms. The number of benzene rings is 1. The first-order valence-corrected chi connectivity index (χ1v) is 7.91. The van der Waals surface area contributed by atoms with Gasteiger partial charge >= 0.3 is 0 Å². The zero-order valence-electron chi connectivity index (χ0n) is 9.47. The molecule has 17 heavy (non-hydrogen) atoms. The molecule has 1 amide bonds. The molecule has 1 atom stereocenters. The van der Waals surface area contributed by atoms with Crippen LogP contribution in [0.1, 0.15) is 30.1 Å². The normalized spacial score (nSPS) is 12.2. The van der Waals surface area contributed by atoms with Gasteiger partial charge in [0.2, 0.25) is 0 Å². The highest BCUT2D eigenvalue weighted by Crippen LogP contribution is 2.20. The van der Waals surface area contributed by atoms with Gasteiger partial charge in [-0.05, 0) is 24.6 Å². The van der Waals surface area contributed by atoms with Gasteiger partial charge in [-0.1, -0.05) is 61.1 Å². The summed E-state index contributed by atoms with van der Waals surface area (Å²) in [6, 6.07) is 5.52. The first-order chi connectivity index (χ1) is 8.02. The number of carbonyl (C=O) groups is 1. The van der Waals surface area contributed by atoms with Crippen molar-refractivity contribution in [2.75, 3.05) is 6.54 Å². The highest BCUT2D eigenvalue weighted by molar-refractivity contribution is 9.11. The first-order valence-electron chi connectivity index (χ1n) is 5.41. The monoisotopic (exact) mass is 425 g/mol. The van der Waals surface area contributed by atoms with Crippen LogP contribution in [0.5, 0.6) is 0 Å². The van der Waals surface area contributed by atoms with E-state index in [-0.39, 0.29) is 5.91 Å². The smallest absolute Gasteiger partial charge is 0.251 e. The lowest BCUT2D eigenvalue weighted by molar-refractivity contribution is 0.0953. The van der Waals surface area contributed by atoms with Crippen molar-refractivity contribution in [3.63, 3.8) is 0 Å². The molecule has 0 aliphatic carbocycles. The molecule has 2 nitrogen and oxygen atoms in total. The van der Waals surface area contributed by atoms with Crippen LogP contribution in [0.15, 0.2) is 27.1 Å². The Balaban J connectivity index is 2.58. The van der Waals surface area contributed by atoms with Gasteiger partial charge in [0.15, 0.2) is 0 Å². The van der Waals surface area contributed by atoms with Crippen molar-refractivity contribution >= 4 is 53.7 Å². The van der Waals surface area contributed by atoms with E-state index < -0.39 is 0 Å². The number of rotatable bonds is 5. The van der Waals surface area contributed by atoms with E-state index in [9.17, 15) is 4.79 Å². The third kappa shape index (κ3) is 5.53. The largest absolute Gasteiger partial charge is 0.351 e. The Morgan fingerprint density at radius 3 is 2.41 bits per heavy atom. The average Bonchev–Trinajstić information content (AvgIpc) is 2.25. The SMILES string of the molecule is CCCC(Br)CNC(=O)c1cc(Br)cc(Br)c1. The Morgan fingerprint density at radius 1 is 1.29 bits per heavy atom. The number of hydrogen-bond donors (Lipinski definition) is 1. The molecule has 0 bridgehead atoms. The van der Waals surface area contributed by atoms with E-state index in [2.05, 4.69) is 60.0 Å². The number of alkyl halides is 1. The van der Waals surface area contributed by atoms with Gasteiger partial charge in [0.25, 0.3) is 5.91 Å². The topological polar surface area (TPSA) is 29.1 Å². The van der Waals surface area contributed by atoms with Crippen LogP contribution in [0, 0.1) is 0 Å². The summed E-state index contributed by atoms with van der Waals surface area (Å²) in [4.78, 5) is 12.2. The maximum atomic E-state index is 11.9. The quantitative estimate of drug-likeness (QED) is 0.688. The van der Waals surface area contributed by atoms with Gasteiger partial charge in [-0.3, -0.25) is 4.79 Å². The molecule has 1 aromatic carbocycles. The van der Waals surface area contributed by atoms with Crippen LogP contribution in [-0.2, 0) is 0 Å². The number of halogens is 3. The molecule has 94 valence electrons. The lowest BCUT2D eigenvalue weighted by Gasteiger charge is -2.10. The average molecular weight is 428 g/mol. The molecule has 0 saturated heterocycles. The molecule has 1 unspecified atom stereocenters. The van der Waals surface area contributed by atoms with E-state index >= 15 is 0 Å². The second-order valence-electron chi connectivity index (χ2n) is 3.75. The molecule has 0 heterocycles. The summed E-state index contributed by atoms with van der Waals surface area (Å²) in [6.07, 6.45) is 2.16. The van der Waals surface area contributed by atoms with Crippen molar-refractivity contribution in [2.24, 2.45) is 0 Å². The lowest BCUT2D eigenvalue weighted by atomic mass is 10.2. The molecular formula is C12H14Br3NO. The van der Waals surface area contributed by atoms with E-state index in [1.54, 1.807) is 0 Å². The second-order valence-corrected chi connectivity index (χ2v) is 6.88. The fourth-order valence-corrected chi connectivity index (χ4v) is 3.32. The predicted octanol–water partition coefficient (Wildman–Crippen LogP) is 4.51. The summed E-state index contributed by atoms with van der Waals surface area (Å²) >= 11 is 10.3. The van der Waals surface area contributed by atoms with E-state index in [1.807, 2.05) is 18.2 Å². The van der Waals surface area contributed by atoms with Crippen molar-refractivity contribution in [3.8, 4) is 0 Å². The molecule has 0 aromatic heterocycles. The van der Waals surface area contributed by atoms with Gasteiger partial charge in [-0.25, -0.2) is 0 Å². The van der Waals surface area contributed by atoms with Gasteiger partial charge in [-0.2, -0.15) is 0 Å². The summed E-state index contributed by atoms with van der Waals surface area (Å²) in [5.41, 5.74) is 0.655. The van der Waals surface area contributed by atoms with Crippen molar-refractivity contribution in [2.45, 2.75) is 24.6 Å². The van der Waals surface area contributed by atoms with Crippen LogP contribution in [0.2, 0.25) is 0 Å². The fraction of sp³-hybridized carbons (Fsp3) is 0.417. The number of carbonyl (C=O) groups excluding carboxylic acids is 1. The van der Waals surface area contributed by atoms with Crippen molar-refractivity contribution < 1.29 is 4.79 Å². The maximum Gasteiger partial charge on any atom is 0.251 e. The standard InChI is InChI=1S/C12H14Br3NO/c1-2-3-9(13)7-16-12(17)8-4-10(14)6-11(15)5-8/h4-6,9H,2-3,7H2,1H3,(H,16,17). The Bertz CT molecular complexity index is 375. The Morgan fingerprint density at radius 2 is 1.88 bits per heavy atom. The van der Waals surface area contributed by atoms with Gasteiger partial charge < -0.3 is 5.32 Å². The lowest BCUT2D eigenvalue weighted by Crippen LogP contribution is -2.29. The number of amides is 1. The molecule has 0 saturated carbocycles. The number of hydrogen-bond acceptors (Lipinski definition) is 1. The Labute approximate surface area is 127 Å². The summed E-state index contributed by atoms with van der Waals surface area (Å²) in [5.74, 6) is -0.0486. The van der Waals surface area contributed by atoms with Crippen molar-refractivity contribution in [1.29, 1.82) is 0 Å². The highest BCUT2D eigenvalue weighted by atomic mass is 79.9. The summed E-state index contributed by atoms with van der Waals surface area (Å²) in [5, 5.41) is 2.91. The van der Waals surface area contributed by atoms with E-state index in [0.717, 1.165) is 21.8 Å². The van der Waals surface area contributed by atoms with Crippen molar-refractivity contribution in [3.05, 3.63) is 32.7 Å². The van der Waals surface area contributed by atoms with Crippen LogP contribution < -0.4 is 5.32 Å². The van der Waals surface area contributed by atoms with Crippen LogP contribution >= 0.6 is 47.8 Å². The third-order valence-electron chi connectivity index (χ3n) is 2.21. The van der Waals surface area contributed by atoms with Crippen LogP contribution in [0.25, 0.3) is 0 Å². The summed E-state index contributed by atoms with van der Waals surface area (Å²) in [6.45, 7) is 2.78. The van der Waals surface area contributed by atoms with Gasteiger partial charge in [0.1, 0.15) is 0 Å². The minimum atomic E-state index is -0.0486. The molecule has 1 rings (SSSR count). The number of nitrogens with one attached hydrogen (secondary N) is 1. The third-order valence-corrected chi connectivity index (χ3v) is 3.91. The maximum absolute atomic E-state index is 11.9. The Hall–Kier alpha value is 0.130. The van der Waals surface area contributed by atoms with Gasteiger partial charge in [0, 0.05) is 25.9 Å². The molecule has 1 N–H and O–H groups in total. The minimum Gasteiger partial charge on any atom is -0.351 e. The zero-order valence-corrected chi connectivity index (χ0v) is 14.2. The van der Waals surface area contributed by atoms with E-state index in [1.165, 1.54) is 0 Å². The minimum absolute atomic E-state index is 0.0486. The molecule has 0 aliphatic heterocycles. The van der Waals surface area contributed by atoms with Crippen LogP contribution in [0.3, 0.4) is 0 Å². The zero-order chi connectivity index (χ0) is 12.8. The molecule has 0 fully saturated rings. The fourth-order valence-electron chi connectivity index (χ4n) is 1.41. The summed E-state index contributed by atoms with van der Waals surface area (Å²) in [7, 11) is 0. The predicted molar refractivity (Wildman–Crippen MR) is 81.8 cm³/mol. The van der Waals surface area contributed by atoms with Crippen LogP contribution in [-0.4, -0.2) is 17.3 Å². The molecule has 0 spiro atoms. The van der Waals surface area contributed by atoms with E-state index in [0.29, 0.717) is 16.9 Å². The van der Waals surface area contributed by atoms with E-state index in [4.69, 9.17) is 0 Å². The van der Waals surface area contributed by atoms with Crippen molar-refractivity contribution in [1.82, 2.24) is 5.32 Å².